The van der Waals surface area contributed by atoms with Gasteiger partial charge in [-0.2, -0.15) is 0 Å². The Kier molecular flexibility index (Phi) is 3.28. The van der Waals surface area contributed by atoms with Gasteiger partial charge in [0, 0.05) is 17.6 Å². The molecule has 5 heteroatoms. The second kappa shape index (κ2) is 4.71. The quantitative estimate of drug-likeness (QED) is 0.877. The molecular weight excluding hydrogens is 234 g/mol. The number of aromatic nitrogens is 1. The molecule has 0 atom stereocenters. The number of anilines is 1. The van der Waals surface area contributed by atoms with Crippen molar-refractivity contribution in [1.82, 2.24) is 10.3 Å². The van der Waals surface area contributed by atoms with E-state index in [1.54, 1.807) is 0 Å². The van der Waals surface area contributed by atoms with E-state index in [1.807, 2.05) is 26.0 Å². The molecule has 2 aromatic heterocycles. The molecule has 1 amide bonds. The smallest absolute Gasteiger partial charge is 0.263 e. The Morgan fingerprint density at radius 3 is 3.00 bits per heavy atom. The molecule has 2 rings (SSSR count). The van der Waals surface area contributed by atoms with Gasteiger partial charge in [-0.25, -0.2) is 4.98 Å². The number of amides is 1. The zero-order valence-electron chi connectivity index (χ0n) is 9.91. The van der Waals surface area contributed by atoms with Gasteiger partial charge in [0.05, 0.1) is 5.69 Å². The third-order valence-electron chi connectivity index (χ3n) is 2.47. The minimum atomic E-state index is -0.106. The van der Waals surface area contributed by atoms with Gasteiger partial charge in [0.2, 0.25) is 0 Å². The summed E-state index contributed by atoms with van der Waals surface area (Å²) in [6, 6.07) is 3.82. The van der Waals surface area contributed by atoms with Crippen LogP contribution >= 0.6 is 11.3 Å². The van der Waals surface area contributed by atoms with Crippen molar-refractivity contribution < 1.29 is 4.79 Å². The maximum absolute atomic E-state index is 11.9. The van der Waals surface area contributed by atoms with Gasteiger partial charge < -0.3 is 11.1 Å². The Labute approximate surface area is 104 Å². The van der Waals surface area contributed by atoms with E-state index < -0.39 is 0 Å². The highest BCUT2D eigenvalue weighted by molar-refractivity contribution is 7.21. The summed E-state index contributed by atoms with van der Waals surface area (Å²) < 4.78 is 0. The second-order valence-electron chi connectivity index (χ2n) is 3.91. The van der Waals surface area contributed by atoms with Crippen LogP contribution in [0.2, 0.25) is 0 Å². The van der Waals surface area contributed by atoms with Crippen molar-refractivity contribution in [3.05, 3.63) is 22.7 Å². The number of aryl methyl sites for hydroxylation is 1. The molecule has 0 bridgehead atoms. The number of carbonyl (C=O) groups excluding carboxylic acids is 1. The molecule has 0 spiro atoms. The Morgan fingerprint density at radius 2 is 2.29 bits per heavy atom. The maximum Gasteiger partial charge on any atom is 0.263 e. The van der Waals surface area contributed by atoms with Crippen LogP contribution in [0.3, 0.4) is 0 Å². The first-order valence-electron chi connectivity index (χ1n) is 5.57. The highest BCUT2D eigenvalue weighted by atomic mass is 32.1. The van der Waals surface area contributed by atoms with Crippen molar-refractivity contribution in [3.8, 4) is 0 Å². The summed E-state index contributed by atoms with van der Waals surface area (Å²) in [5.74, 6) is -0.106. The van der Waals surface area contributed by atoms with E-state index in [-0.39, 0.29) is 5.91 Å². The number of hydrogen-bond donors (Lipinski definition) is 2. The van der Waals surface area contributed by atoms with Crippen LogP contribution in [0.25, 0.3) is 10.2 Å². The van der Waals surface area contributed by atoms with Gasteiger partial charge >= 0.3 is 0 Å². The van der Waals surface area contributed by atoms with Gasteiger partial charge in [-0.15, -0.1) is 11.3 Å². The van der Waals surface area contributed by atoms with Crippen LogP contribution in [-0.2, 0) is 0 Å². The minimum Gasteiger partial charge on any atom is -0.397 e. The number of fused-ring (bicyclic) bond motifs is 1. The SMILES string of the molecule is CCCNC(=O)c1sc2nc(C)ccc2c1N. The molecule has 3 N–H and O–H groups in total. The van der Waals surface area contributed by atoms with Crippen molar-refractivity contribution in [2.75, 3.05) is 12.3 Å². The third-order valence-corrected chi connectivity index (χ3v) is 3.59. The van der Waals surface area contributed by atoms with Gasteiger partial charge in [-0.1, -0.05) is 6.92 Å². The van der Waals surface area contributed by atoms with Crippen molar-refractivity contribution in [1.29, 1.82) is 0 Å². The summed E-state index contributed by atoms with van der Waals surface area (Å²) in [4.78, 5) is 17.6. The third kappa shape index (κ3) is 2.24. The molecule has 2 heterocycles. The van der Waals surface area contributed by atoms with Crippen LogP contribution in [0, 0.1) is 6.92 Å². The molecule has 0 fully saturated rings. The molecule has 17 heavy (non-hydrogen) atoms. The summed E-state index contributed by atoms with van der Waals surface area (Å²) in [5, 5.41) is 3.69. The summed E-state index contributed by atoms with van der Waals surface area (Å²) in [5.41, 5.74) is 7.43. The normalized spacial score (nSPS) is 10.7. The Morgan fingerprint density at radius 1 is 1.53 bits per heavy atom. The number of carbonyl (C=O) groups is 1. The minimum absolute atomic E-state index is 0.106. The monoisotopic (exact) mass is 249 g/mol. The summed E-state index contributed by atoms with van der Waals surface area (Å²) >= 11 is 1.35. The number of nitrogens with one attached hydrogen (secondary N) is 1. The fraction of sp³-hybridized carbons (Fsp3) is 0.333. The van der Waals surface area contributed by atoms with Gasteiger partial charge in [-0.3, -0.25) is 4.79 Å². The van der Waals surface area contributed by atoms with Crippen LogP contribution < -0.4 is 11.1 Å². The lowest BCUT2D eigenvalue weighted by Gasteiger charge is -2.01. The number of pyridine rings is 1. The topological polar surface area (TPSA) is 68.0 Å². The molecule has 0 aliphatic rings. The standard InChI is InChI=1S/C12H15N3OS/c1-3-6-14-11(16)10-9(13)8-5-4-7(2)15-12(8)17-10/h4-5H,3,6,13H2,1-2H3,(H,14,16). The van der Waals surface area contributed by atoms with Gasteiger partial charge in [0.15, 0.2) is 0 Å². The van der Waals surface area contributed by atoms with Crippen LogP contribution in [0.1, 0.15) is 28.7 Å². The van der Waals surface area contributed by atoms with E-state index in [2.05, 4.69) is 10.3 Å². The largest absolute Gasteiger partial charge is 0.397 e. The summed E-state index contributed by atoms with van der Waals surface area (Å²) in [7, 11) is 0. The number of hydrogen-bond acceptors (Lipinski definition) is 4. The highest BCUT2D eigenvalue weighted by Gasteiger charge is 2.16. The summed E-state index contributed by atoms with van der Waals surface area (Å²) in [6.45, 7) is 4.60. The van der Waals surface area contributed by atoms with Crippen LogP contribution in [0.4, 0.5) is 5.69 Å². The number of thiophene rings is 1. The molecule has 0 aliphatic heterocycles. The molecule has 0 aliphatic carbocycles. The van der Waals surface area contributed by atoms with Gasteiger partial charge in [-0.05, 0) is 25.5 Å². The first-order chi connectivity index (χ1) is 8.13. The molecule has 4 nitrogen and oxygen atoms in total. The van der Waals surface area contributed by atoms with E-state index in [4.69, 9.17) is 5.73 Å². The molecule has 0 radical (unpaired) electrons. The number of nitrogen functional groups attached to an aromatic ring is 1. The van der Waals surface area contributed by atoms with Crippen molar-refractivity contribution >= 4 is 33.1 Å². The Hall–Kier alpha value is -1.62. The molecule has 0 saturated carbocycles. The first kappa shape index (κ1) is 11.9. The maximum atomic E-state index is 11.9. The average Bonchev–Trinajstić information content (AvgIpc) is 2.63. The van der Waals surface area contributed by atoms with Crippen LogP contribution in [0.15, 0.2) is 12.1 Å². The zero-order valence-corrected chi connectivity index (χ0v) is 10.7. The number of nitrogens with two attached hydrogens (primary N) is 1. The first-order valence-corrected chi connectivity index (χ1v) is 6.39. The lowest BCUT2D eigenvalue weighted by Crippen LogP contribution is -2.23. The van der Waals surface area contributed by atoms with Gasteiger partial charge in [0.25, 0.3) is 5.91 Å². The predicted octanol–water partition coefficient (Wildman–Crippen LogP) is 2.33. The zero-order chi connectivity index (χ0) is 12.4. The van der Waals surface area contributed by atoms with Crippen molar-refractivity contribution in [3.63, 3.8) is 0 Å². The molecule has 0 aromatic carbocycles. The fourth-order valence-electron chi connectivity index (χ4n) is 1.58. The molecule has 2 aromatic rings. The molecule has 0 saturated heterocycles. The number of rotatable bonds is 3. The van der Waals surface area contributed by atoms with E-state index in [0.717, 1.165) is 22.3 Å². The Balaban J connectivity index is 2.41. The van der Waals surface area contributed by atoms with E-state index in [0.29, 0.717) is 17.1 Å². The fourth-order valence-corrected chi connectivity index (χ4v) is 2.63. The molecular formula is C12H15N3OS. The van der Waals surface area contributed by atoms with Gasteiger partial charge in [0.1, 0.15) is 9.71 Å². The predicted molar refractivity (Wildman–Crippen MR) is 71.4 cm³/mol. The van der Waals surface area contributed by atoms with Crippen molar-refractivity contribution in [2.24, 2.45) is 0 Å². The van der Waals surface area contributed by atoms with E-state index in [1.165, 1.54) is 11.3 Å². The lowest BCUT2D eigenvalue weighted by molar-refractivity contribution is 0.0958. The number of nitrogens with zero attached hydrogens (tertiary/aromatic N) is 1. The van der Waals surface area contributed by atoms with E-state index >= 15 is 0 Å². The lowest BCUT2D eigenvalue weighted by atomic mass is 10.2. The highest BCUT2D eigenvalue weighted by Crippen LogP contribution is 2.32. The average molecular weight is 249 g/mol. The van der Waals surface area contributed by atoms with Crippen LogP contribution in [0.5, 0.6) is 0 Å². The molecule has 90 valence electrons. The summed E-state index contributed by atoms with van der Waals surface area (Å²) in [6.07, 6.45) is 0.911. The molecule has 0 unspecified atom stereocenters. The van der Waals surface area contributed by atoms with Crippen molar-refractivity contribution in [2.45, 2.75) is 20.3 Å². The van der Waals surface area contributed by atoms with Crippen LogP contribution in [-0.4, -0.2) is 17.4 Å². The van der Waals surface area contributed by atoms with E-state index in [9.17, 15) is 4.79 Å². The second-order valence-corrected chi connectivity index (χ2v) is 4.91. The Bertz CT molecular complexity index is 562.